The zero-order valence-corrected chi connectivity index (χ0v) is 13.2. The minimum Gasteiger partial charge on any atom is -0.481 e. The number of benzene rings is 1. The molecule has 2 atom stereocenters. The van der Waals surface area contributed by atoms with Gasteiger partial charge in [-0.1, -0.05) is 50.4 Å². The van der Waals surface area contributed by atoms with Crippen molar-refractivity contribution in [2.24, 2.45) is 11.8 Å². The number of carbonyl (C=O) groups is 2. The number of carbonyl (C=O) groups excluding carboxylic acids is 1. The Hall–Kier alpha value is -1.55. The van der Waals surface area contributed by atoms with E-state index in [9.17, 15) is 14.7 Å². The molecule has 1 amide bonds. The average Bonchev–Trinajstić information content (AvgIpc) is 2.41. The summed E-state index contributed by atoms with van der Waals surface area (Å²) in [6.45, 7) is 3.83. The van der Waals surface area contributed by atoms with E-state index >= 15 is 0 Å². The van der Waals surface area contributed by atoms with Crippen molar-refractivity contribution in [2.45, 2.75) is 39.5 Å². The Morgan fingerprint density at radius 1 is 1.33 bits per heavy atom. The van der Waals surface area contributed by atoms with Gasteiger partial charge in [-0.05, 0) is 24.5 Å². The lowest BCUT2D eigenvalue weighted by atomic mass is 9.87. The van der Waals surface area contributed by atoms with Gasteiger partial charge in [0.1, 0.15) is 0 Å². The van der Waals surface area contributed by atoms with Gasteiger partial charge in [0, 0.05) is 6.42 Å². The van der Waals surface area contributed by atoms with Gasteiger partial charge in [-0.15, -0.1) is 0 Å². The molecule has 1 rings (SSSR count). The SMILES string of the molecule is CCCC[C@H](C(=O)O)[C@H](C)CC(=O)Nc1ccccc1Cl. The summed E-state index contributed by atoms with van der Waals surface area (Å²) in [5.74, 6) is -1.74. The molecule has 0 unspecified atom stereocenters. The van der Waals surface area contributed by atoms with Crippen LogP contribution in [-0.2, 0) is 9.59 Å². The van der Waals surface area contributed by atoms with Crippen molar-refractivity contribution in [3.8, 4) is 0 Å². The minimum atomic E-state index is -0.832. The number of rotatable bonds is 8. The van der Waals surface area contributed by atoms with Gasteiger partial charge in [-0.2, -0.15) is 0 Å². The van der Waals surface area contributed by atoms with E-state index in [1.165, 1.54) is 0 Å². The number of hydrogen-bond acceptors (Lipinski definition) is 2. The second-order valence-corrected chi connectivity index (χ2v) is 5.70. The van der Waals surface area contributed by atoms with E-state index in [0.717, 1.165) is 12.8 Å². The van der Waals surface area contributed by atoms with Gasteiger partial charge >= 0.3 is 5.97 Å². The summed E-state index contributed by atoms with van der Waals surface area (Å²) in [5.41, 5.74) is 0.553. The molecule has 0 aromatic heterocycles. The number of anilines is 1. The van der Waals surface area contributed by atoms with E-state index in [2.05, 4.69) is 5.32 Å². The van der Waals surface area contributed by atoms with Crippen molar-refractivity contribution in [3.05, 3.63) is 29.3 Å². The molecule has 4 nitrogen and oxygen atoms in total. The Labute approximate surface area is 130 Å². The van der Waals surface area contributed by atoms with Gasteiger partial charge in [0.05, 0.1) is 16.6 Å². The summed E-state index contributed by atoms with van der Waals surface area (Å²) in [7, 11) is 0. The van der Waals surface area contributed by atoms with Crippen LogP contribution in [0.4, 0.5) is 5.69 Å². The Morgan fingerprint density at radius 3 is 2.57 bits per heavy atom. The quantitative estimate of drug-likeness (QED) is 0.756. The van der Waals surface area contributed by atoms with Crippen LogP contribution < -0.4 is 5.32 Å². The van der Waals surface area contributed by atoms with Crippen LogP contribution in [0.3, 0.4) is 0 Å². The van der Waals surface area contributed by atoms with Crippen LogP contribution >= 0.6 is 11.6 Å². The summed E-state index contributed by atoms with van der Waals surface area (Å²) in [6, 6.07) is 6.98. The van der Waals surface area contributed by atoms with E-state index in [0.29, 0.717) is 17.1 Å². The van der Waals surface area contributed by atoms with Crippen molar-refractivity contribution < 1.29 is 14.7 Å². The molecule has 0 saturated heterocycles. The summed E-state index contributed by atoms with van der Waals surface area (Å²) < 4.78 is 0. The molecule has 116 valence electrons. The van der Waals surface area contributed by atoms with Crippen LogP contribution in [0.5, 0.6) is 0 Å². The smallest absolute Gasteiger partial charge is 0.306 e. The van der Waals surface area contributed by atoms with E-state index in [1.807, 2.05) is 6.92 Å². The second kappa shape index (κ2) is 8.67. The third-order valence-corrected chi connectivity index (χ3v) is 3.86. The molecule has 1 aromatic carbocycles. The monoisotopic (exact) mass is 311 g/mol. The first-order valence-corrected chi connectivity index (χ1v) is 7.60. The van der Waals surface area contributed by atoms with Crippen LogP contribution in [0.15, 0.2) is 24.3 Å². The summed E-state index contributed by atoms with van der Waals surface area (Å²) >= 11 is 5.98. The van der Waals surface area contributed by atoms with Crippen molar-refractivity contribution in [1.82, 2.24) is 0 Å². The summed E-state index contributed by atoms with van der Waals surface area (Å²) in [6.07, 6.45) is 2.58. The number of carboxylic acid groups (broad SMARTS) is 1. The topological polar surface area (TPSA) is 66.4 Å². The minimum absolute atomic E-state index is 0.173. The number of hydrogen-bond donors (Lipinski definition) is 2. The number of nitrogens with one attached hydrogen (secondary N) is 1. The first-order chi connectivity index (χ1) is 9.95. The fourth-order valence-corrected chi connectivity index (χ4v) is 2.46. The van der Waals surface area contributed by atoms with Gasteiger partial charge in [0.2, 0.25) is 5.91 Å². The predicted octanol–water partition coefficient (Wildman–Crippen LogP) is 4.20. The van der Waals surface area contributed by atoms with E-state index < -0.39 is 11.9 Å². The molecular formula is C16H22ClNO3. The third-order valence-electron chi connectivity index (χ3n) is 3.53. The molecule has 21 heavy (non-hydrogen) atoms. The highest BCUT2D eigenvalue weighted by atomic mass is 35.5. The number of amides is 1. The fraction of sp³-hybridized carbons (Fsp3) is 0.500. The molecule has 0 bridgehead atoms. The molecular weight excluding hydrogens is 290 g/mol. The second-order valence-electron chi connectivity index (χ2n) is 5.30. The van der Waals surface area contributed by atoms with Crippen molar-refractivity contribution in [1.29, 1.82) is 0 Å². The standard InChI is InChI=1S/C16H22ClNO3/c1-3-4-7-12(16(20)21)11(2)10-15(19)18-14-9-6-5-8-13(14)17/h5-6,8-9,11-12H,3-4,7,10H2,1-2H3,(H,18,19)(H,20,21)/t11-,12+/m1/s1. The molecule has 0 heterocycles. The molecule has 0 spiro atoms. The number of aliphatic carboxylic acids is 1. The molecule has 2 N–H and O–H groups in total. The number of para-hydroxylation sites is 1. The molecule has 5 heteroatoms. The number of unbranched alkanes of at least 4 members (excludes halogenated alkanes) is 1. The molecule has 0 aliphatic carbocycles. The highest BCUT2D eigenvalue weighted by Gasteiger charge is 2.26. The lowest BCUT2D eigenvalue weighted by Gasteiger charge is -2.19. The van der Waals surface area contributed by atoms with Crippen LogP contribution in [0.1, 0.15) is 39.5 Å². The van der Waals surface area contributed by atoms with Gasteiger partial charge in [0.25, 0.3) is 0 Å². The van der Waals surface area contributed by atoms with Crippen LogP contribution in [0, 0.1) is 11.8 Å². The van der Waals surface area contributed by atoms with Gasteiger partial charge in [-0.25, -0.2) is 0 Å². The fourth-order valence-electron chi connectivity index (χ4n) is 2.27. The Bertz CT molecular complexity index is 490. The van der Waals surface area contributed by atoms with Crippen molar-refractivity contribution >= 4 is 29.2 Å². The molecule has 0 aliphatic rings. The molecule has 0 aliphatic heterocycles. The first-order valence-electron chi connectivity index (χ1n) is 7.22. The lowest BCUT2D eigenvalue weighted by molar-refractivity contribution is -0.144. The first kappa shape index (κ1) is 17.5. The maximum Gasteiger partial charge on any atom is 0.306 e. The summed E-state index contributed by atoms with van der Waals surface area (Å²) in [5, 5.41) is 12.5. The van der Waals surface area contributed by atoms with Gasteiger partial charge < -0.3 is 10.4 Å². The molecule has 0 saturated carbocycles. The predicted molar refractivity (Wildman–Crippen MR) is 84.5 cm³/mol. The average molecular weight is 312 g/mol. The third kappa shape index (κ3) is 5.76. The summed E-state index contributed by atoms with van der Waals surface area (Å²) in [4.78, 5) is 23.3. The lowest BCUT2D eigenvalue weighted by Crippen LogP contribution is -2.26. The molecule has 0 radical (unpaired) electrons. The van der Waals surface area contributed by atoms with Crippen LogP contribution in [0.25, 0.3) is 0 Å². The zero-order valence-electron chi connectivity index (χ0n) is 12.4. The van der Waals surface area contributed by atoms with Crippen LogP contribution in [0.2, 0.25) is 5.02 Å². The van der Waals surface area contributed by atoms with Crippen molar-refractivity contribution in [3.63, 3.8) is 0 Å². The Morgan fingerprint density at radius 2 is 2.00 bits per heavy atom. The maximum atomic E-state index is 12.0. The van der Waals surface area contributed by atoms with E-state index in [-0.39, 0.29) is 18.2 Å². The largest absolute Gasteiger partial charge is 0.481 e. The number of carboxylic acids is 1. The highest BCUT2D eigenvalue weighted by Crippen LogP contribution is 2.24. The maximum absolute atomic E-state index is 12.0. The zero-order chi connectivity index (χ0) is 15.8. The van der Waals surface area contributed by atoms with Gasteiger partial charge in [-0.3, -0.25) is 9.59 Å². The van der Waals surface area contributed by atoms with Crippen molar-refractivity contribution in [2.75, 3.05) is 5.32 Å². The van der Waals surface area contributed by atoms with E-state index in [1.54, 1.807) is 31.2 Å². The molecule has 1 aromatic rings. The molecule has 0 fully saturated rings. The highest BCUT2D eigenvalue weighted by molar-refractivity contribution is 6.33. The van der Waals surface area contributed by atoms with E-state index in [4.69, 9.17) is 11.6 Å². The van der Waals surface area contributed by atoms with Crippen LogP contribution in [-0.4, -0.2) is 17.0 Å². The van der Waals surface area contributed by atoms with Gasteiger partial charge in [0.15, 0.2) is 0 Å². The normalized spacial score (nSPS) is 13.5. The Balaban J connectivity index is 2.60. The number of halogens is 1. The Kier molecular flexibility index (Phi) is 7.23.